The average Bonchev–Trinajstić information content (AvgIpc) is 2.75. The van der Waals surface area contributed by atoms with Crippen LogP contribution >= 0.6 is 0 Å². The third kappa shape index (κ3) is 7.55. The van der Waals surface area contributed by atoms with Crippen molar-refractivity contribution >= 4 is 31.9 Å². The first-order valence-electron chi connectivity index (χ1n) is 8.92. The molecule has 162 valence electrons. The minimum Gasteiger partial charge on any atom is -0.278 e. The van der Waals surface area contributed by atoms with Gasteiger partial charge in [0.1, 0.15) is 0 Å². The van der Waals surface area contributed by atoms with Crippen molar-refractivity contribution in [2.45, 2.75) is 35.5 Å². The maximum absolute atomic E-state index is 12.0. The predicted octanol–water partition coefficient (Wildman–Crippen LogP) is 0.566. The summed E-state index contributed by atoms with van der Waals surface area (Å²) in [7, 11) is -7.71. The van der Waals surface area contributed by atoms with Crippen molar-refractivity contribution in [3.8, 4) is 0 Å². The van der Waals surface area contributed by atoms with Gasteiger partial charge in [0, 0.05) is 12.8 Å². The Morgan fingerprint density at radius 2 is 0.933 bits per heavy atom. The molecule has 30 heavy (non-hydrogen) atoms. The molecule has 12 heteroatoms. The molecule has 2 aromatic rings. The molecule has 0 heterocycles. The number of amides is 2. The molecule has 0 fully saturated rings. The second kappa shape index (κ2) is 10.8. The first kappa shape index (κ1) is 23.5. The summed E-state index contributed by atoms with van der Waals surface area (Å²) in [5.41, 5.74) is 4.21. The van der Waals surface area contributed by atoms with Gasteiger partial charge in [0.2, 0.25) is 11.8 Å². The van der Waals surface area contributed by atoms with E-state index in [1.54, 1.807) is 36.4 Å². The van der Waals surface area contributed by atoms with Gasteiger partial charge in [-0.1, -0.05) is 36.4 Å². The molecule has 2 rings (SSSR count). The van der Waals surface area contributed by atoms with E-state index >= 15 is 0 Å². The Morgan fingerprint density at radius 1 is 0.600 bits per heavy atom. The molecule has 0 aliphatic rings. The van der Waals surface area contributed by atoms with E-state index in [4.69, 9.17) is 0 Å². The zero-order valence-electron chi connectivity index (χ0n) is 15.9. The molecule has 0 atom stereocenters. The summed E-state index contributed by atoms with van der Waals surface area (Å²) in [6, 6.07) is 15.1. The van der Waals surface area contributed by atoms with E-state index in [-0.39, 0.29) is 22.6 Å². The second-order valence-corrected chi connectivity index (χ2v) is 9.51. The van der Waals surface area contributed by atoms with Gasteiger partial charge in [-0.2, -0.15) is 0 Å². The third-order valence-electron chi connectivity index (χ3n) is 3.81. The quantitative estimate of drug-likeness (QED) is 0.288. The lowest BCUT2D eigenvalue weighted by Crippen LogP contribution is -2.41. The zero-order chi connectivity index (χ0) is 22.0. The van der Waals surface area contributed by atoms with Crippen LogP contribution in [0.5, 0.6) is 0 Å². The van der Waals surface area contributed by atoms with E-state index in [0.29, 0.717) is 12.8 Å². The molecule has 0 saturated carbocycles. The van der Waals surface area contributed by atoms with E-state index in [0.717, 1.165) is 0 Å². The highest BCUT2D eigenvalue weighted by Gasteiger charge is 2.15. The van der Waals surface area contributed by atoms with Crippen molar-refractivity contribution in [3.63, 3.8) is 0 Å². The average molecular weight is 455 g/mol. The van der Waals surface area contributed by atoms with Crippen LogP contribution in [0.3, 0.4) is 0 Å². The summed E-state index contributed by atoms with van der Waals surface area (Å²) < 4.78 is 47.9. The number of carbonyl (C=O) groups is 2. The summed E-state index contributed by atoms with van der Waals surface area (Å²) in [5, 5.41) is 0. The summed E-state index contributed by atoms with van der Waals surface area (Å²) in [6.45, 7) is 0. The minimum absolute atomic E-state index is 0.0136. The standard InChI is InChI=1S/C18H22N4O6S2/c23-17(19-21-29(25,26)15-9-3-1-4-10-15)13-7-8-14-18(24)20-22-30(27,28)16-11-5-2-6-12-16/h1-6,9-12,21-22H,7-8,13-14H2,(H,19,23)(H,20,24). The van der Waals surface area contributed by atoms with Crippen LogP contribution < -0.4 is 20.5 Å². The fraction of sp³-hybridized carbons (Fsp3) is 0.222. The maximum atomic E-state index is 12.0. The normalized spacial score (nSPS) is 11.6. The minimum atomic E-state index is -3.85. The van der Waals surface area contributed by atoms with E-state index in [1.807, 2.05) is 9.66 Å². The monoisotopic (exact) mass is 454 g/mol. The first-order valence-corrected chi connectivity index (χ1v) is 11.9. The third-order valence-corrected chi connectivity index (χ3v) is 6.34. The molecule has 10 nitrogen and oxygen atoms in total. The van der Waals surface area contributed by atoms with Crippen LogP contribution in [0.4, 0.5) is 0 Å². The Hall–Kier alpha value is -2.80. The molecule has 0 aliphatic carbocycles. The summed E-state index contributed by atoms with van der Waals surface area (Å²) >= 11 is 0. The molecule has 4 N–H and O–H groups in total. The van der Waals surface area contributed by atoms with Gasteiger partial charge >= 0.3 is 0 Å². The molecule has 0 aliphatic heterocycles. The van der Waals surface area contributed by atoms with Crippen LogP contribution in [0.1, 0.15) is 25.7 Å². The molecular formula is C18H22N4O6S2. The maximum Gasteiger partial charge on any atom is 0.257 e. The molecule has 0 spiro atoms. The van der Waals surface area contributed by atoms with Gasteiger partial charge in [0.25, 0.3) is 20.0 Å². The van der Waals surface area contributed by atoms with E-state index in [1.165, 1.54) is 24.3 Å². The number of hydrazine groups is 2. The number of unbranched alkanes of at least 4 members (excludes halogenated alkanes) is 1. The Kier molecular flexibility index (Phi) is 8.47. The lowest BCUT2D eigenvalue weighted by atomic mass is 10.2. The van der Waals surface area contributed by atoms with Crippen LogP contribution in [-0.4, -0.2) is 28.6 Å². The number of rotatable bonds is 11. The molecule has 0 saturated heterocycles. The smallest absolute Gasteiger partial charge is 0.257 e. The zero-order valence-corrected chi connectivity index (χ0v) is 17.5. The highest BCUT2D eigenvalue weighted by atomic mass is 32.2. The van der Waals surface area contributed by atoms with Crippen molar-refractivity contribution in [2.75, 3.05) is 0 Å². The van der Waals surface area contributed by atoms with Crippen molar-refractivity contribution < 1.29 is 26.4 Å². The highest BCUT2D eigenvalue weighted by molar-refractivity contribution is 7.89. The highest BCUT2D eigenvalue weighted by Crippen LogP contribution is 2.07. The van der Waals surface area contributed by atoms with Gasteiger partial charge in [0.15, 0.2) is 0 Å². The first-order chi connectivity index (χ1) is 14.2. The van der Waals surface area contributed by atoms with E-state index in [9.17, 15) is 26.4 Å². The summed E-state index contributed by atoms with van der Waals surface area (Å²) in [4.78, 5) is 27.5. The summed E-state index contributed by atoms with van der Waals surface area (Å²) in [6.07, 6.45) is 0.580. The fourth-order valence-corrected chi connectivity index (χ4v) is 4.02. The van der Waals surface area contributed by atoms with Gasteiger partial charge in [-0.3, -0.25) is 20.4 Å². The van der Waals surface area contributed by atoms with E-state index < -0.39 is 31.9 Å². The van der Waals surface area contributed by atoms with Crippen molar-refractivity contribution in [2.24, 2.45) is 0 Å². The van der Waals surface area contributed by atoms with E-state index in [2.05, 4.69) is 10.9 Å². The van der Waals surface area contributed by atoms with Crippen molar-refractivity contribution in [3.05, 3.63) is 60.7 Å². The van der Waals surface area contributed by atoms with Crippen LogP contribution in [0, 0.1) is 0 Å². The lowest BCUT2D eigenvalue weighted by molar-refractivity contribution is -0.123. The van der Waals surface area contributed by atoms with Crippen LogP contribution in [-0.2, 0) is 29.6 Å². The topological polar surface area (TPSA) is 151 Å². The number of benzene rings is 2. The van der Waals surface area contributed by atoms with Crippen LogP contribution in [0.2, 0.25) is 0 Å². The molecule has 0 radical (unpaired) electrons. The summed E-state index contributed by atoms with van der Waals surface area (Å²) in [5.74, 6) is -1.11. The second-order valence-electron chi connectivity index (χ2n) is 6.14. The fourth-order valence-electron chi connectivity index (χ4n) is 2.26. The van der Waals surface area contributed by atoms with Crippen molar-refractivity contribution in [1.82, 2.24) is 20.5 Å². The Labute approximate surface area is 175 Å². The molecule has 0 bridgehead atoms. The Bertz CT molecular complexity index is 971. The van der Waals surface area contributed by atoms with Gasteiger partial charge in [-0.15, -0.1) is 9.66 Å². The molecular weight excluding hydrogens is 432 g/mol. The molecule has 0 aromatic heterocycles. The SMILES string of the molecule is O=C(CCCCC(=O)NNS(=O)(=O)c1ccccc1)NNS(=O)(=O)c1ccccc1. The van der Waals surface area contributed by atoms with Crippen LogP contribution in [0.25, 0.3) is 0 Å². The van der Waals surface area contributed by atoms with Gasteiger partial charge in [-0.25, -0.2) is 16.8 Å². The Balaban J connectivity index is 1.65. The molecule has 2 aromatic carbocycles. The Morgan fingerprint density at radius 3 is 1.27 bits per heavy atom. The molecule has 2 amide bonds. The van der Waals surface area contributed by atoms with Gasteiger partial charge in [-0.05, 0) is 37.1 Å². The molecule has 0 unspecified atom stereocenters. The predicted molar refractivity (Wildman–Crippen MR) is 108 cm³/mol. The number of nitrogens with one attached hydrogen (secondary N) is 4. The largest absolute Gasteiger partial charge is 0.278 e. The van der Waals surface area contributed by atoms with Crippen molar-refractivity contribution in [1.29, 1.82) is 0 Å². The number of hydrogen-bond donors (Lipinski definition) is 4. The number of carbonyl (C=O) groups excluding carboxylic acids is 2. The number of sulfonamides is 2. The van der Waals surface area contributed by atoms with Crippen LogP contribution in [0.15, 0.2) is 70.5 Å². The van der Waals surface area contributed by atoms with Gasteiger partial charge < -0.3 is 0 Å². The van der Waals surface area contributed by atoms with Gasteiger partial charge in [0.05, 0.1) is 9.79 Å². The lowest BCUT2D eigenvalue weighted by Gasteiger charge is -2.09. The number of hydrogen-bond acceptors (Lipinski definition) is 6.